The third kappa shape index (κ3) is 6.07. The molecule has 1 aromatic heterocycles. The van der Waals surface area contributed by atoms with Gasteiger partial charge in [0.05, 0.1) is 6.20 Å². The molecule has 0 spiro atoms. The fourth-order valence-electron chi connectivity index (χ4n) is 2.49. The van der Waals surface area contributed by atoms with E-state index in [2.05, 4.69) is 67.0 Å². The lowest BCUT2D eigenvalue weighted by atomic mass is 10.0. The molecular formula is C19H29N5. The summed E-state index contributed by atoms with van der Waals surface area (Å²) in [5.41, 5.74) is 2.53. The normalized spacial score (nSPS) is 12.9. The van der Waals surface area contributed by atoms with Crippen LogP contribution in [0.4, 0.5) is 0 Å². The van der Waals surface area contributed by atoms with Crippen LogP contribution in [0, 0.1) is 6.92 Å². The maximum absolute atomic E-state index is 4.71. The quantitative estimate of drug-likeness (QED) is 0.445. The van der Waals surface area contributed by atoms with E-state index in [0.29, 0.717) is 5.92 Å². The molecule has 1 unspecified atom stereocenters. The number of benzene rings is 1. The first kappa shape index (κ1) is 18.0. The molecule has 0 saturated heterocycles. The Balaban J connectivity index is 1.77. The van der Waals surface area contributed by atoms with E-state index in [4.69, 9.17) is 4.99 Å². The summed E-state index contributed by atoms with van der Waals surface area (Å²) in [5, 5.41) is 11.0. The maximum atomic E-state index is 4.71. The minimum Gasteiger partial charge on any atom is -0.357 e. The number of aryl methyl sites for hydroxylation is 2. The minimum atomic E-state index is 0.411. The fraction of sp³-hybridized carbons (Fsp3) is 0.474. The first-order valence-electron chi connectivity index (χ1n) is 8.75. The molecule has 1 aromatic carbocycles. The Bertz CT molecular complexity index is 618. The Hall–Kier alpha value is -2.30. The van der Waals surface area contributed by atoms with E-state index in [1.54, 1.807) is 0 Å². The molecule has 0 fully saturated rings. The van der Waals surface area contributed by atoms with E-state index in [1.807, 2.05) is 16.9 Å². The van der Waals surface area contributed by atoms with Crippen molar-refractivity contribution in [2.75, 3.05) is 19.6 Å². The Morgan fingerprint density at radius 2 is 2.04 bits per heavy atom. The first-order valence-corrected chi connectivity index (χ1v) is 8.75. The summed E-state index contributed by atoms with van der Waals surface area (Å²) in [6.07, 6.45) is 4.98. The largest absolute Gasteiger partial charge is 0.357 e. The second kappa shape index (κ2) is 9.75. The Morgan fingerprint density at radius 1 is 1.25 bits per heavy atom. The van der Waals surface area contributed by atoms with Gasteiger partial charge in [-0.25, -0.2) is 0 Å². The topological polar surface area (TPSA) is 54.2 Å². The summed E-state index contributed by atoms with van der Waals surface area (Å²) in [7, 11) is 0. The molecule has 2 rings (SSSR count). The zero-order valence-electron chi connectivity index (χ0n) is 15.0. The zero-order chi connectivity index (χ0) is 17.2. The molecule has 2 N–H and O–H groups in total. The molecule has 5 heteroatoms. The van der Waals surface area contributed by atoms with Gasteiger partial charge >= 0.3 is 0 Å². The van der Waals surface area contributed by atoms with Crippen LogP contribution in [0.2, 0.25) is 0 Å². The summed E-state index contributed by atoms with van der Waals surface area (Å²) >= 11 is 0. The molecular weight excluding hydrogens is 298 g/mol. The fourth-order valence-corrected chi connectivity index (χ4v) is 2.49. The number of nitrogens with one attached hydrogen (secondary N) is 2. The van der Waals surface area contributed by atoms with Crippen LogP contribution in [-0.4, -0.2) is 35.4 Å². The highest BCUT2D eigenvalue weighted by molar-refractivity contribution is 5.79. The lowest BCUT2D eigenvalue weighted by Gasteiger charge is -2.14. The van der Waals surface area contributed by atoms with Gasteiger partial charge in [0, 0.05) is 38.3 Å². The molecule has 0 aliphatic heterocycles. The monoisotopic (exact) mass is 327 g/mol. The predicted octanol–water partition coefficient (Wildman–Crippen LogP) is 2.94. The van der Waals surface area contributed by atoms with Crippen molar-refractivity contribution in [3.63, 3.8) is 0 Å². The molecule has 5 nitrogen and oxygen atoms in total. The number of rotatable bonds is 8. The second-order valence-electron chi connectivity index (χ2n) is 6.09. The van der Waals surface area contributed by atoms with Crippen molar-refractivity contribution in [2.24, 2.45) is 4.99 Å². The van der Waals surface area contributed by atoms with Gasteiger partial charge in [-0.15, -0.1) is 0 Å². The standard InChI is InChI=1S/C19H29N5/c1-4-20-19(21-11-8-12-24-15-16(2)13-23-24)22-14-17(3)18-9-6-5-7-10-18/h5-7,9-10,13,15,17H,4,8,11-12,14H2,1-3H3,(H2,20,21,22). The van der Waals surface area contributed by atoms with E-state index in [-0.39, 0.29) is 0 Å². The number of aliphatic imine (C=N–C) groups is 1. The van der Waals surface area contributed by atoms with Crippen LogP contribution < -0.4 is 10.6 Å². The van der Waals surface area contributed by atoms with Crippen molar-refractivity contribution < 1.29 is 0 Å². The maximum Gasteiger partial charge on any atom is 0.191 e. The van der Waals surface area contributed by atoms with E-state index < -0.39 is 0 Å². The SMILES string of the molecule is CCNC(=NCC(C)c1ccccc1)NCCCn1cc(C)cn1. The average Bonchev–Trinajstić information content (AvgIpc) is 3.02. The summed E-state index contributed by atoms with van der Waals surface area (Å²) in [5.74, 6) is 1.30. The van der Waals surface area contributed by atoms with Gasteiger partial charge in [-0.1, -0.05) is 37.3 Å². The molecule has 0 radical (unpaired) electrons. The summed E-state index contributed by atoms with van der Waals surface area (Å²) in [6.45, 7) is 9.80. The van der Waals surface area contributed by atoms with E-state index in [0.717, 1.165) is 38.6 Å². The Morgan fingerprint density at radius 3 is 2.71 bits per heavy atom. The van der Waals surface area contributed by atoms with Crippen molar-refractivity contribution in [3.05, 3.63) is 53.9 Å². The third-order valence-corrected chi connectivity index (χ3v) is 3.85. The molecule has 2 aromatic rings. The average molecular weight is 327 g/mol. The molecule has 24 heavy (non-hydrogen) atoms. The summed E-state index contributed by atoms with van der Waals surface area (Å²) in [4.78, 5) is 4.71. The van der Waals surface area contributed by atoms with Crippen LogP contribution >= 0.6 is 0 Å². The lowest BCUT2D eigenvalue weighted by molar-refractivity contribution is 0.569. The molecule has 0 aliphatic rings. The van der Waals surface area contributed by atoms with E-state index in [1.165, 1.54) is 11.1 Å². The van der Waals surface area contributed by atoms with Gasteiger partial charge in [-0.05, 0) is 31.4 Å². The number of hydrogen-bond acceptors (Lipinski definition) is 2. The molecule has 0 bridgehead atoms. The van der Waals surface area contributed by atoms with Gasteiger partial charge in [-0.2, -0.15) is 5.10 Å². The zero-order valence-corrected chi connectivity index (χ0v) is 15.0. The smallest absolute Gasteiger partial charge is 0.191 e. The van der Waals surface area contributed by atoms with Gasteiger partial charge in [0.1, 0.15) is 0 Å². The van der Waals surface area contributed by atoms with Crippen LogP contribution in [0.15, 0.2) is 47.7 Å². The van der Waals surface area contributed by atoms with Crippen molar-refractivity contribution in [1.82, 2.24) is 20.4 Å². The van der Waals surface area contributed by atoms with Gasteiger partial charge < -0.3 is 10.6 Å². The summed E-state index contributed by atoms with van der Waals surface area (Å²) in [6, 6.07) is 10.5. The highest BCUT2D eigenvalue weighted by atomic mass is 15.3. The minimum absolute atomic E-state index is 0.411. The van der Waals surface area contributed by atoms with Gasteiger partial charge in [0.25, 0.3) is 0 Å². The second-order valence-corrected chi connectivity index (χ2v) is 6.09. The van der Waals surface area contributed by atoms with Crippen LogP contribution in [0.25, 0.3) is 0 Å². The van der Waals surface area contributed by atoms with Crippen molar-refractivity contribution in [3.8, 4) is 0 Å². The van der Waals surface area contributed by atoms with E-state index in [9.17, 15) is 0 Å². The molecule has 0 saturated carbocycles. The van der Waals surface area contributed by atoms with Crippen LogP contribution in [0.5, 0.6) is 0 Å². The van der Waals surface area contributed by atoms with Gasteiger partial charge in [0.15, 0.2) is 5.96 Å². The molecule has 1 atom stereocenters. The predicted molar refractivity (Wildman–Crippen MR) is 100 cm³/mol. The Kier molecular flexibility index (Phi) is 7.33. The van der Waals surface area contributed by atoms with Crippen molar-refractivity contribution >= 4 is 5.96 Å². The van der Waals surface area contributed by atoms with E-state index >= 15 is 0 Å². The van der Waals surface area contributed by atoms with Gasteiger partial charge in [-0.3, -0.25) is 9.67 Å². The lowest BCUT2D eigenvalue weighted by Crippen LogP contribution is -2.38. The van der Waals surface area contributed by atoms with Crippen molar-refractivity contribution in [1.29, 1.82) is 0 Å². The Labute approximate surface area is 145 Å². The number of guanidine groups is 1. The highest BCUT2D eigenvalue weighted by Crippen LogP contribution is 2.14. The van der Waals surface area contributed by atoms with Crippen LogP contribution in [0.1, 0.15) is 37.3 Å². The van der Waals surface area contributed by atoms with Crippen LogP contribution in [-0.2, 0) is 6.54 Å². The molecule has 1 heterocycles. The first-order chi connectivity index (χ1) is 11.7. The van der Waals surface area contributed by atoms with Crippen molar-refractivity contribution in [2.45, 2.75) is 39.7 Å². The number of hydrogen-bond donors (Lipinski definition) is 2. The third-order valence-electron chi connectivity index (χ3n) is 3.85. The van der Waals surface area contributed by atoms with Crippen LogP contribution in [0.3, 0.4) is 0 Å². The molecule has 0 amide bonds. The molecule has 130 valence electrons. The number of aromatic nitrogens is 2. The number of nitrogens with zero attached hydrogens (tertiary/aromatic N) is 3. The molecule has 0 aliphatic carbocycles. The van der Waals surface area contributed by atoms with Gasteiger partial charge in [0.2, 0.25) is 0 Å². The summed E-state index contributed by atoms with van der Waals surface area (Å²) < 4.78 is 1.98. The highest BCUT2D eigenvalue weighted by Gasteiger charge is 2.05.